The zero-order valence-corrected chi connectivity index (χ0v) is 8.01. The predicted molar refractivity (Wildman–Crippen MR) is 58.8 cm³/mol. The van der Waals surface area contributed by atoms with Crippen molar-refractivity contribution in [2.45, 2.75) is 0 Å². The Hall–Kier alpha value is -2.34. The average Bonchev–Trinajstić information content (AvgIpc) is 2.30. The molecule has 0 saturated carbocycles. The quantitative estimate of drug-likeness (QED) is 0.758. The van der Waals surface area contributed by atoms with Crippen LogP contribution in [0.5, 0.6) is 0 Å². The molecule has 3 heteroatoms. The van der Waals surface area contributed by atoms with Gasteiger partial charge in [-0.15, -0.1) is 0 Å². The fraction of sp³-hybridized carbons (Fsp3) is 0. The number of benzene rings is 1. The van der Waals surface area contributed by atoms with E-state index < -0.39 is 0 Å². The van der Waals surface area contributed by atoms with Crippen LogP contribution >= 0.6 is 0 Å². The second-order valence-electron chi connectivity index (χ2n) is 3.13. The molecule has 3 nitrogen and oxygen atoms in total. The first kappa shape index (κ1) is 9.22. The summed E-state index contributed by atoms with van der Waals surface area (Å²) < 4.78 is 0. The summed E-state index contributed by atoms with van der Waals surface area (Å²) in [5.41, 5.74) is 8.31. The molecule has 0 fully saturated rings. The molecule has 1 heterocycles. The first-order chi connectivity index (χ1) is 7.33. The first-order valence-electron chi connectivity index (χ1n) is 4.52. The van der Waals surface area contributed by atoms with Gasteiger partial charge in [-0.05, 0) is 5.56 Å². The van der Waals surface area contributed by atoms with Crippen molar-refractivity contribution < 1.29 is 0 Å². The molecule has 2 rings (SSSR count). The number of pyridine rings is 1. The van der Waals surface area contributed by atoms with Crippen molar-refractivity contribution in [1.29, 1.82) is 5.26 Å². The summed E-state index contributed by atoms with van der Waals surface area (Å²) in [7, 11) is 0. The predicted octanol–water partition coefficient (Wildman–Crippen LogP) is 2.20. The van der Waals surface area contributed by atoms with E-state index in [4.69, 9.17) is 11.0 Å². The molecule has 0 radical (unpaired) electrons. The van der Waals surface area contributed by atoms with E-state index in [0.29, 0.717) is 11.3 Å². The molecule has 0 atom stereocenters. The van der Waals surface area contributed by atoms with Gasteiger partial charge in [0, 0.05) is 11.8 Å². The van der Waals surface area contributed by atoms with Gasteiger partial charge in [0.05, 0.1) is 17.4 Å². The number of aromatic nitrogens is 1. The lowest BCUT2D eigenvalue weighted by atomic mass is 10.0. The Morgan fingerprint density at radius 1 is 1.13 bits per heavy atom. The van der Waals surface area contributed by atoms with Crippen LogP contribution in [0.1, 0.15) is 5.56 Å². The monoisotopic (exact) mass is 195 g/mol. The second kappa shape index (κ2) is 3.81. The molecule has 0 unspecified atom stereocenters. The summed E-state index contributed by atoms with van der Waals surface area (Å²) in [6.45, 7) is 0. The van der Waals surface area contributed by atoms with Crippen LogP contribution in [0, 0.1) is 11.3 Å². The zero-order valence-electron chi connectivity index (χ0n) is 8.01. The van der Waals surface area contributed by atoms with Crippen molar-refractivity contribution in [3.05, 3.63) is 48.3 Å². The van der Waals surface area contributed by atoms with E-state index in [9.17, 15) is 0 Å². The molecule has 1 aromatic heterocycles. The smallest absolute Gasteiger partial charge is 0.102 e. The third-order valence-corrected chi connectivity index (χ3v) is 2.17. The number of rotatable bonds is 1. The van der Waals surface area contributed by atoms with Crippen LogP contribution < -0.4 is 5.73 Å². The van der Waals surface area contributed by atoms with Crippen LogP contribution in [0.2, 0.25) is 0 Å². The standard InChI is InChI=1S/C12H9N3/c13-6-10-11(7-15-8-12(10)14)9-4-2-1-3-5-9/h1-5,7-8H,14H2. The summed E-state index contributed by atoms with van der Waals surface area (Å²) >= 11 is 0. The lowest BCUT2D eigenvalue weighted by molar-refractivity contribution is 1.31. The molecule has 2 N–H and O–H groups in total. The van der Waals surface area contributed by atoms with Gasteiger partial charge in [-0.1, -0.05) is 30.3 Å². The van der Waals surface area contributed by atoms with E-state index in [1.807, 2.05) is 30.3 Å². The highest BCUT2D eigenvalue weighted by atomic mass is 14.7. The maximum Gasteiger partial charge on any atom is 0.102 e. The van der Waals surface area contributed by atoms with Crippen molar-refractivity contribution in [3.63, 3.8) is 0 Å². The number of nitrogens with two attached hydrogens (primary N) is 1. The molecule has 0 bridgehead atoms. The van der Waals surface area contributed by atoms with Gasteiger partial charge in [0.15, 0.2) is 0 Å². The van der Waals surface area contributed by atoms with Crippen LogP contribution in [-0.4, -0.2) is 4.98 Å². The Kier molecular flexibility index (Phi) is 2.34. The van der Waals surface area contributed by atoms with Crippen LogP contribution in [0.25, 0.3) is 11.1 Å². The number of nitrogen functional groups attached to an aromatic ring is 1. The van der Waals surface area contributed by atoms with Gasteiger partial charge in [0.1, 0.15) is 6.07 Å². The number of nitrogens with zero attached hydrogens (tertiary/aromatic N) is 2. The van der Waals surface area contributed by atoms with Gasteiger partial charge in [-0.2, -0.15) is 5.26 Å². The van der Waals surface area contributed by atoms with Crippen molar-refractivity contribution in [2.75, 3.05) is 5.73 Å². The Balaban J connectivity index is 2.65. The van der Waals surface area contributed by atoms with Gasteiger partial charge in [0.25, 0.3) is 0 Å². The van der Waals surface area contributed by atoms with Gasteiger partial charge in [-0.3, -0.25) is 4.98 Å². The Morgan fingerprint density at radius 3 is 2.53 bits per heavy atom. The number of hydrogen-bond acceptors (Lipinski definition) is 3. The molecule has 2 aromatic rings. The molecule has 0 saturated heterocycles. The van der Waals surface area contributed by atoms with Crippen LogP contribution in [0.15, 0.2) is 42.7 Å². The molecule has 0 aliphatic heterocycles. The Morgan fingerprint density at radius 2 is 1.87 bits per heavy atom. The summed E-state index contributed by atoms with van der Waals surface area (Å²) in [4.78, 5) is 3.99. The molecule has 0 amide bonds. The normalized spacial score (nSPS) is 9.53. The minimum absolute atomic E-state index is 0.416. The minimum atomic E-state index is 0.416. The van der Waals surface area contributed by atoms with E-state index in [-0.39, 0.29) is 0 Å². The maximum absolute atomic E-state index is 9.00. The van der Waals surface area contributed by atoms with Gasteiger partial charge >= 0.3 is 0 Å². The second-order valence-corrected chi connectivity index (χ2v) is 3.13. The summed E-state index contributed by atoms with van der Waals surface area (Å²) in [5.74, 6) is 0. The molecule has 0 aliphatic carbocycles. The van der Waals surface area contributed by atoms with Gasteiger partial charge < -0.3 is 5.73 Å². The fourth-order valence-electron chi connectivity index (χ4n) is 1.44. The lowest BCUT2D eigenvalue weighted by Gasteiger charge is -2.04. The average molecular weight is 195 g/mol. The summed E-state index contributed by atoms with van der Waals surface area (Å²) in [5, 5.41) is 9.00. The first-order valence-corrected chi connectivity index (χ1v) is 4.52. The van der Waals surface area contributed by atoms with Crippen molar-refractivity contribution in [2.24, 2.45) is 0 Å². The zero-order chi connectivity index (χ0) is 10.7. The summed E-state index contributed by atoms with van der Waals surface area (Å²) in [6, 6.07) is 11.7. The minimum Gasteiger partial charge on any atom is -0.396 e. The molecule has 15 heavy (non-hydrogen) atoms. The van der Waals surface area contributed by atoms with E-state index >= 15 is 0 Å². The highest BCUT2D eigenvalue weighted by molar-refractivity contribution is 5.75. The molecule has 0 spiro atoms. The van der Waals surface area contributed by atoms with Crippen molar-refractivity contribution in [1.82, 2.24) is 4.98 Å². The summed E-state index contributed by atoms with van der Waals surface area (Å²) in [6.07, 6.45) is 3.15. The van der Waals surface area contributed by atoms with Crippen LogP contribution in [-0.2, 0) is 0 Å². The van der Waals surface area contributed by atoms with E-state index in [1.54, 1.807) is 6.20 Å². The third kappa shape index (κ3) is 1.65. The van der Waals surface area contributed by atoms with Crippen molar-refractivity contribution >= 4 is 5.69 Å². The van der Waals surface area contributed by atoms with Crippen molar-refractivity contribution in [3.8, 4) is 17.2 Å². The molecule has 0 aliphatic rings. The van der Waals surface area contributed by atoms with E-state index in [2.05, 4.69) is 11.1 Å². The molecular weight excluding hydrogens is 186 g/mol. The number of anilines is 1. The lowest BCUT2D eigenvalue weighted by Crippen LogP contribution is -1.94. The number of hydrogen-bond donors (Lipinski definition) is 1. The Labute approximate surface area is 87.8 Å². The highest BCUT2D eigenvalue weighted by Crippen LogP contribution is 2.25. The highest BCUT2D eigenvalue weighted by Gasteiger charge is 2.07. The molecule has 72 valence electrons. The fourth-order valence-corrected chi connectivity index (χ4v) is 1.44. The van der Waals surface area contributed by atoms with Gasteiger partial charge in [0.2, 0.25) is 0 Å². The largest absolute Gasteiger partial charge is 0.396 e. The topological polar surface area (TPSA) is 62.7 Å². The third-order valence-electron chi connectivity index (χ3n) is 2.17. The SMILES string of the molecule is N#Cc1c(N)cncc1-c1ccccc1. The molecular formula is C12H9N3. The maximum atomic E-state index is 9.00. The van der Waals surface area contributed by atoms with E-state index in [1.165, 1.54) is 6.20 Å². The van der Waals surface area contributed by atoms with Crippen LogP contribution in [0.4, 0.5) is 5.69 Å². The van der Waals surface area contributed by atoms with E-state index in [0.717, 1.165) is 11.1 Å². The number of nitriles is 1. The van der Waals surface area contributed by atoms with Gasteiger partial charge in [-0.25, -0.2) is 0 Å². The Bertz CT molecular complexity index is 512. The van der Waals surface area contributed by atoms with Crippen LogP contribution in [0.3, 0.4) is 0 Å². The molecule has 1 aromatic carbocycles.